The van der Waals surface area contributed by atoms with Crippen LogP contribution in [0.2, 0.25) is 0 Å². The Kier molecular flexibility index (Phi) is 6.77. The average molecular weight is 432 g/mol. The monoisotopic (exact) mass is 431 g/mol. The number of hydrogen-bond acceptors (Lipinski definition) is 4. The fourth-order valence-electron chi connectivity index (χ4n) is 3.12. The van der Waals surface area contributed by atoms with Crippen molar-refractivity contribution in [2.24, 2.45) is 4.99 Å². The molecule has 3 rings (SSSR count). The Morgan fingerprint density at radius 1 is 1.13 bits per heavy atom. The van der Waals surface area contributed by atoms with Crippen molar-refractivity contribution in [3.05, 3.63) is 65.2 Å². The Morgan fingerprint density at radius 2 is 1.87 bits per heavy atom. The number of nitrogens with one attached hydrogen (secondary N) is 2. The minimum absolute atomic E-state index is 0.291. The number of halogens is 1. The van der Waals surface area contributed by atoms with Crippen LogP contribution in [0.15, 0.2) is 56.8 Å². The van der Waals surface area contributed by atoms with Crippen molar-refractivity contribution >= 4 is 26.8 Å². The fourth-order valence-corrected chi connectivity index (χ4v) is 3.75. The zero-order valence-electron chi connectivity index (χ0n) is 17.3. The van der Waals surface area contributed by atoms with Crippen LogP contribution in [0.3, 0.4) is 0 Å². The number of aliphatic imine (C=N–C) groups is 1. The zero-order chi connectivity index (χ0) is 21.7. The first kappa shape index (κ1) is 21.8. The summed E-state index contributed by atoms with van der Waals surface area (Å²) in [7, 11) is -3.18. The zero-order valence-corrected chi connectivity index (χ0v) is 18.1. The molecule has 1 aromatic heterocycles. The van der Waals surface area contributed by atoms with E-state index in [1.54, 1.807) is 18.2 Å². The van der Waals surface area contributed by atoms with Crippen LogP contribution in [0, 0.1) is 12.7 Å². The van der Waals surface area contributed by atoms with Crippen LogP contribution in [-0.4, -0.2) is 33.7 Å². The molecule has 6 nitrogen and oxygen atoms in total. The summed E-state index contributed by atoms with van der Waals surface area (Å²) in [4.78, 5) is 4.88. The molecule has 3 aromatic rings. The second-order valence-corrected chi connectivity index (χ2v) is 9.09. The van der Waals surface area contributed by atoms with Gasteiger partial charge in [0.1, 0.15) is 23.7 Å². The molecule has 0 spiro atoms. The molecule has 0 amide bonds. The number of benzene rings is 2. The van der Waals surface area contributed by atoms with Crippen LogP contribution in [0.4, 0.5) is 4.39 Å². The number of sulfone groups is 1. The Labute approximate surface area is 176 Å². The molecule has 8 heteroatoms. The smallest absolute Gasteiger partial charge is 0.191 e. The molecule has 0 atom stereocenters. The number of hydrogen-bond donors (Lipinski definition) is 2. The van der Waals surface area contributed by atoms with Gasteiger partial charge in [0.15, 0.2) is 15.8 Å². The molecule has 0 unspecified atom stereocenters. The van der Waals surface area contributed by atoms with Crippen molar-refractivity contribution in [1.82, 2.24) is 10.6 Å². The lowest BCUT2D eigenvalue weighted by atomic mass is 10.1. The van der Waals surface area contributed by atoms with Crippen molar-refractivity contribution in [2.75, 3.05) is 19.3 Å². The molecular formula is C22H26FN3O3S. The van der Waals surface area contributed by atoms with Crippen molar-refractivity contribution in [1.29, 1.82) is 0 Å². The summed E-state index contributed by atoms with van der Waals surface area (Å²) in [5.74, 6) is 1.06. The average Bonchev–Trinajstić information content (AvgIpc) is 3.01. The van der Waals surface area contributed by atoms with Crippen LogP contribution in [0.5, 0.6) is 0 Å². The summed E-state index contributed by atoms with van der Waals surface area (Å²) in [6, 6.07) is 11.4. The van der Waals surface area contributed by atoms with E-state index in [-0.39, 0.29) is 5.82 Å². The molecule has 2 aromatic carbocycles. The summed E-state index contributed by atoms with van der Waals surface area (Å²) in [5, 5.41) is 7.21. The second-order valence-electron chi connectivity index (χ2n) is 7.08. The lowest BCUT2D eigenvalue weighted by Gasteiger charge is -2.11. The minimum atomic E-state index is -3.18. The largest absolute Gasteiger partial charge is 0.459 e. The van der Waals surface area contributed by atoms with E-state index in [1.165, 1.54) is 18.4 Å². The molecule has 0 bridgehead atoms. The molecule has 0 saturated heterocycles. The van der Waals surface area contributed by atoms with Gasteiger partial charge >= 0.3 is 0 Å². The second kappa shape index (κ2) is 9.30. The molecule has 0 fully saturated rings. The van der Waals surface area contributed by atoms with E-state index in [1.807, 2.05) is 26.0 Å². The topological polar surface area (TPSA) is 83.7 Å². The van der Waals surface area contributed by atoms with Crippen LogP contribution in [-0.2, 0) is 22.8 Å². The standard InChI is InChI=1S/C22H26FN3O3S/c1-4-24-22(25-12-11-16-5-8-18(9-6-16)30(3,27)28)26-14-21-15(2)19-13-17(23)7-10-20(19)29-21/h5-10,13H,4,11-12,14H2,1-3H3,(H2,24,25,26). The van der Waals surface area contributed by atoms with Gasteiger partial charge in [-0.1, -0.05) is 12.1 Å². The summed E-state index contributed by atoms with van der Waals surface area (Å²) in [5.41, 5.74) is 2.56. The normalized spacial score (nSPS) is 12.3. The van der Waals surface area contributed by atoms with Gasteiger partial charge in [-0.05, 0) is 56.2 Å². The van der Waals surface area contributed by atoms with Crippen LogP contribution < -0.4 is 10.6 Å². The predicted molar refractivity (Wildman–Crippen MR) is 117 cm³/mol. The fraction of sp³-hybridized carbons (Fsp3) is 0.318. The molecule has 0 aliphatic rings. The number of aryl methyl sites for hydroxylation is 1. The number of fused-ring (bicyclic) bond motifs is 1. The predicted octanol–water partition coefficient (Wildman–Crippen LogP) is 3.58. The van der Waals surface area contributed by atoms with Crippen LogP contribution >= 0.6 is 0 Å². The Morgan fingerprint density at radius 3 is 2.53 bits per heavy atom. The molecule has 160 valence electrons. The van der Waals surface area contributed by atoms with Gasteiger partial charge in [-0.25, -0.2) is 17.8 Å². The van der Waals surface area contributed by atoms with E-state index >= 15 is 0 Å². The highest BCUT2D eigenvalue weighted by atomic mass is 32.2. The maximum Gasteiger partial charge on any atom is 0.191 e. The van der Waals surface area contributed by atoms with E-state index in [4.69, 9.17) is 4.42 Å². The lowest BCUT2D eigenvalue weighted by molar-refractivity contribution is 0.547. The minimum Gasteiger partial charge on any atom is -0.459 e. The molecule has 0 radical (unpaired) electrons. The van der Waals surface area contributed by atoms with Gasteiger partial charge < -0.3 is 15.1 Å². The van der Waals surface area contributed by atoms with Crippen LogP contribution in [0.25, 0.3) is 11.0 Å². The van der Waals surface area contributed by atoms with E-state index in [0.717, 1.165) is 22.9 Å². The lowest BCUT2D eigenvalue weighted by Crippen LogP contribution is -2.38. The van der Waals surface area contributed by atoms with Crippen molar-refractivity contribution in [3.63, 3.8) is 0 Å². The maximum atomic E-state index is 13.5. The van der Waals surface area contributed by atoms with Gasteiger partial charge in [0.25, 0.3) is 0 Å². The van der Waals surface area contributed by atoms with Crippen LogP contribution in [0.1, 0.15) is 23.8 Å². The van der Waals surface area contributed by atoms with Gasteiger partial charge in [-0.3, -0.25) is 0 Å². The van der Waals surface area contributed by atoms with Crippen molar-refractivity contribution in [2.45, 2.75) is 31.7 Å². The van der Waals surface area contributed by atoms with E-state index < -0.39 is 9.84 Å². The van der Waals surface area contributed by atoms with Gasteiger partial charge in [-0.15, -0.1) is 0 Å². The summed E-state index contributed by atoms with van der Waals surface area (Å²) >= 11 is 0. The van der Waals surface area contributed by atoms with E-state index in [0.29, 0.717) is 41.8 Å². The summed E-state index contributed by atoms with van der Waals surface area (Å²) in [6.45, 7) is 5.56. The van der Waals surface area contributed by atoms with E-state index in [9.17, 15) is 12.8 Å². The highest BCUT2D eigenvalue weighted by molar-refractivity contribution is 7.90. The third-order valence-corrected chi connectivity index (χ3v) is 5.91. The van der Waals surface area contributed by atoms with Gasteiger partial charge in [-0.2, -0.15) is 0 Å². The van der Waals surface area contributed by atoms with Gasteiger partial charge in [0.2, 0.25) is 0 Å². The molecule has 0 saturated carbocycles. The van der Waals surface area contributed by atoms with Gasteiger partial charge in [0.05, 0.1) is 4.90 Å². The number of guanidine groups is 1. The molecule has 0 aliphatic carbocycles. The molecule has 1 heterocycles. The number of rotatable bonds is 7. The first-order chi connectivity index (χ1) is 14.3. The molecule has 2 N–H and O–H groups in total. The number of nitrogens with zero attached hydrogens (tertiary/aromatic N) is 1. The third-order valence-electron chi connectivity index (χ3n) is 4.78. The molecule has 30 heavy (non-hydrogen) atoms. The summed E-state index contributed by atoms with van der Waals surface area (Å²) < 4.78 is 42.4. The van der Waals surface area contributed by atoms with Gasteiger partial charge in [0, 0.05) is 30.3 Å². The quantitative estimate of drug-likeness (QED) is 0.441. The first-order valence-electron chi connectivity index (χ1n) is 9.76. The first-order valence-corrected chi connectivity index (χ1v) is 11.7. The highest BCUT2D eigenvalue weighted by Gasteiger charge is 2.11. The Bertz CT molecular complexity index is 1150. The molecule has 0 aliphatic heterocycles. The third kappa shape index (κ3) is 5.38. The van der Waals surface area contributed by atoms with Crippen molar-refractivity contribution in [3.8, 4) is 0 Å². The Hall–Kier alpha value is -2.87. The summed E-state index contributed by atoms with van der Waals surface area (Å²) in [6.07, 6.45) is 1.92. The SMILES string of the molecule is CCNC(=NCc1oc2ccc(F)cc2c1C)NCCc1ccc(S(C)(=O)=O)cc1. The maximum absolute atomic E-state index is 13.5. The Balaban J connectivity index is 1.63. The number of furan rings is 1. The van der Waals surface area contributed by atoms with E-state index in [2.05, 4.69) is 15.6 Å². The molecular weight excluding hydrogens is 405 g/mol. The highest BCUT2D eigenvalue weighted by Crippen LogP contribution is 2.26. The van der Waals surface area contributed by atoms with Crippen molar-refractivity contribution < 1.29 is 17.2 Å².